The predicted octanol–water partition coefficient (Wildman–Crippen LogP) is 2.75. The summed E-state index contributed by atoms with van der Waals surface area (Å²) in [6, 6.07) is 7.38. The first-order valence-electron chi connectivity index (χ1n) is 8.91. The van der Waals surface area contributed by atoms with Crippen LogP contribution < -0.4 is 10.6 Å². The van der Waals surface area contributed by atoms with Crippen molar-refractivity contribution in [1.82, 2.24) is 15.5 Å². The van der Waals surface area contributed by atoms with Crippen molar-refractivity contribution >= 4 is 5.96 Å². The van der Waals surface area contributed by atoms with Crippen molar-refractivity contribution in [3.8, 4) is 0 Å². The molecule has 24 heavy (non-hydrogen) atoms. The van der Waals surface area contributed by atoms with Gasteiger partial charge < -0.3 is 15.5 Å². The SMILES string of the molecule is CCNC(=NCC(C)(C)c1cccc(F)c1)NCC1CCCN1C. The molecule has 1 aromatic rings. The number of nitrogens with one attached hydrogen (secondary N) is 2. The molecule has 5 heteroatoms. The van der Waals surface area contributed by atoms with Crippen LogP contribution in [0, 0.1) is 5.82 Å². The van der Waals surface area contributed by atoms with Gasteiger partial charge in [-0.1, -0.05) is 26.0 Å². The summed E-state index contributed by atoms with van der Waals surface area (Å²) in [5.74, 6) is 0.640. The fourth-order valence-electron chi connectivity index (χ4n) is 3.07. The highest BCUT2D eigenvalue weighted by molar-refractivity contribution is 5.79. The Morgan fingerprint density at radius 3 is 2.79 bits per heavy atom. The Kier molecular flexibility index (Phi) is 6.60. The first-order chi connectivity index (χ1) is 11.4. The smallest absolute Gasteiger partial charge is 0.191 e. The minimum absolute atomic E-state index is 0.196. The van der Waals surface area contributed by atoms with Gasteiger partial charge in [0.25, 0.3) is 0 Å². The van der Waals surface area contributed by atoms with Gasteiger partial charge in [0.05, 0.1) is 6.54 Å². The van der Waals surface area contributed by atoms with E-state index in [1.54, 1.807) is 12.1 Å². The summed E-state index contributed by atoms with van der Waals surface area (Å²) in [5, 5.41) is 6.75. The van der Waals surface area contributed by atoms with Gasteiger partial charge in [-0.25, -0.2) is 4.39 Å². The number of hydrogen-bond acceptors (Lipinski definition) is 2. The molecular formula is C19H31FN4. The van der Waals surface area contributed by atoms with Crippen LogP contribution in [0.2, 0.25) is 0 Å². The Morgan fingerprint density at radius 1 is 1.38 bits per heavy atom. The van der Waals surface area contributed by atoms with E-state index >= 15 is 0 Å². The molecule has 1 atom stereocenters. The number of aliphatic imine (C=N–C) groups is 1. The number of benzene rings is 1. The maximum atomic E-state index is 13.5. The first kappa shape index (κ1) is 18.7. The van der Waals surface area contributed by atoms with Crippen LogP contribution in [0.15, 0.2) is 29.3 Å². The van der Waals surface area contributed by atoms with Gasteiger partial charge in [0.2, 0.25) is 0 Å². The lowest BCUT2D eigenvalue weighted by atomic mass is 9.85. The third kappa shape index (κ3) is 5.20. The summed E-state index contributed by atoms with van der Waals surface area (Å²) >= 11 is 0. The molecule has 134 valence electrons. The highest BCUT2D eigenvalue weighted by atomic mass is 19.1. The summed E-state index contributed by atoms with van der Waals surface area (Å²) < 4.78 is 13.5. The monoisotopic (exact) mass is 334 g/mol. The van der Waals surface area contributed by atoms with Gasteiger partial charge in [-0.15, -0.1) is 0 Å². The second-order valence-electron chi connectivity index (χ2n) is 7.25. The normalized spacial score (nSPS) is 19.5. The van der Waals surface area contributed by atoms with Crippen LogP contribution >= 0.6 is 0 Å². The van der Waals surface area contributed by atoms with Crippen molar-refractivity contribution in [2.45, 2.75) is 45.1 Å². The molecule has 0 bridgehead atoms. The van der Waals surface area contributed by atoms with E-state index < -0.39 is 0 Å². The molecule has 1 unspecified atom stereocenters. The zero-order valence-electron chi connectivity index (χ0n) is 15.4. The van der Waals surface area contributed by atoms with Gasteiger partial charge in [-0.05, 0) is 51.1 Å². The third-order valence-corrected chi connectivity index (χ3v) is 4.76. The van der Waals surface area contributed by atoms with Crippen LogP contribution in [-0.2, 0) is 5.41 Å². The van der Waals surface area contributed by atoms with Gasteiger partial charge in [0.15, 0.2) is 5.96 Å². The molecule has 2 N–H and O–H groups in total. The average molecular weight is 334 g/mol. The van der Waals surface area contributed by atoms with Gasteiger partial charge >= 0.3 is 0 Å². The Hall–Kier alpha value is -1.62. The van der Waals surface area contributed by atoms with Crippen molar-refractivity contribution in [2.24, 2.45) is 4.99 Å². The summed E-state index contributed by atoms with van der Waals surface area (Å²) in [4.78, 5) is 7.13. The second-order valence-corrected chi connectivity index (χ2v) is 7.25. The highest BCUT2D eigenvalue weighted by Crippen LogP contribution is 2.24. The van der Waals surface area contributed by atoms with Crippen LogP contribution in [0.5, 0.6) is 0 Å². The third-order valence-electron chi connectivity index (χ3n) is 4.76. The van der Waals surface area contributed by atoms with Crippen LogP contribution in [0.4, 0.5) is 4.39 Å². The fourth-order valence-corrected chi connectivity index (χ4v) is 3.07. The molecule has 1 fully saturated rings. The molecule has 1 aliphatic heterocycles. The first-order valence-corrected chi connectivity index (χ1v) is 8.91. The summed E-state index contributed by atoms with van der Waals surface area (Å²) in [6.45, 7) is 9.77. The number of likely N-dealkylation sites (N-methyl/N-ethyl adjacent to an activating group) is 1. The molecular weight excluding hydrogens is 303 g/mol. The average Bonchev–Trinajstić information content (AvgIpc) is 2.95. The van der Waals surface area contributed by atoms with Crippen molar-refractivity contribution in [2.75, 3.05) is 33.2 Å². The number of likely N-dealkylation sites (tertiary alicyclic amines) is 1. The van der Waals surface area contributed by atoms with Gasteiger partial charge in [0.1, 0.15) is 5.82 Å². The van der Waals surface area contributed by atoms with E-state index in [0.29, 0.717) is 12.6 Å². The summed E-state index contributed by atoms with van der Waals surface area (Å²) in [7, 11) is 2.18. The largest absolute Gasteiger partial charge is 0.357 e. The molecule has 0 amide bonds. The predicted molar refractivity (Wildman–Crippen MR) is 99.1 cm³/mol. The number of nitrogens with zero attached hydrogens (tertiary/aromatic N) is 2. The van der Waals surface area contributed by atoms with Gasteiger partial charge in [0, 0.05) is 24.5 Å². The van der Waals surface area contributed by atoms with E-state index in [4.69, 9.17) is 4.99 Å². The fraction of sp³-hybridized carbons (Fsp3) is 0.632. The van der Waals surface area contributed by atoms with E-state index in [2.05, 4.69) is 43.4 Å². The van der Waals surface area contributed by atoms with Crippen molar-refractivity contribution in [1.29, 1.82) is 0 Å². The second kappa shape index (κ2) is 8.47. The zero-order valence-corrected chi connectivity index (χ0v) is 15.4. The van der Waals surface area contributed by atoms with Crippen molar-refractivity contribution < 1.29 is 4.39 Å². The van der Waals surface area contributed by atoms with Crippen LogP contribution in [0.1, 0.15) is 39.2 Å². The minimum Gasteiger partial charge on any atom is -0.357 e. The van der Waals surface area contributed by atoms with E-state index in [1.165, 1.54) is 25.5 Å². The van der Waals surface area contributed by atoms with E-state index in [1.807, 2.05) is 6.07 Å². The zero-order chi connectivity index (χ0) is 17.6. The maximum absolute atomic E-state index is 13.5. The lowest BCUT2D eigenvalue weighted by Gasteiger charge is -2.25. The Balaban J connectivity index is 1.98. The number of guanidine groups is 1. The number of hydrogen-bond donors (Lipinski definition) is 2. The molecule has 0 radical (unpaired) electrons. The van der Waals surface area contributed by atoms with Crippen molar-refractivity contribution in [3.63, 3.8) is 0 Å². The van der Waals surface area contributed by atoms with Crippen LogP contribution in [-0.4, -0.2) is 50.1 Å². The molecule has 1 aliphatic rings. The summed E-state index contributed by atoms with van der Waals surface area (Å²) in [5.41, 5.74) is 0.756. The molecule has 1 heterocycles. The van der Waals surface area contributed by atoms with E-state index in [0.717, 1.165) is 24.6 Å². The molecule has 0 saturated carbocycles. The molecule has 1 saturated heterocycles. The van der Waals surface area contributed by atoms with E-state index in [-0.39, 0.29) is 11.2 Å². The molecule has 1 aromatic carbocycles. The Labute approximate surface area is 145 Å². The highest BCUT2D eigenvalue weighted by Gasteiger charge is 2.22. The van der Waals surface area contributed by atoms with Crippen LogP contribution in [0.25, 0.3) is 0 Å². The van der Waals surface area contributed by atoms with E-state index in [9.17, 15) is 4.39 Å². The Morgan fingerprint density at radius 2 is 2.17 bits per heavy atom. The lowest BCUT2D eigenvalue weighted by Crippen LogP contribution is -2.44. The topological polar surface area (TPSA) is 39.7 Å². The Bertz CT molecular complexity index is 556. The van der Waals surface area contributed by atoms with Gasteiger partial charge in [-0.3, -0.25) is 4.99 Å². The molecule has 2 rings (SSSR count). The standard InChI is InChI=1S/C19H31FN4/c1-5-21-18(22-13-17-10-7-11-24(17)4)23-14-19(2,3)15-8-6-9-16(20)12-15/h6,8-9,12,17H,5,7,10-11,13-14H2,1-4H3,(H2,21,22,23). The molecule has 0 spiro atoms. The molecule has 0 aromatic heterocycles. The maximum Gasteiger partial charge on any atom is 0.191 e. The van der Waals surface area contributed by atoms with Gasteiger partial charge in [-0.2, -0.15) is 0 Å². The quantitative estimate of drug-likeness (QED) is 0.621. The van der Waals surface area contributed by atoms with Crippen LogP contribution in [0.3, 0.4) is 0 Å². The summed E-state index contributed by atoms with van der Waals surface area (Å²) in [6.07, 6.45) is 2.50. The lowest BCUT2D eigenvalue weighted by molar-refractivity contribution is 0.309. The van der Waals surface area contributed by atoms with Crippen molar-refractivity contribution in [3.05, 3.63) is 35.6 Å². The molecule has 4 nitrogen and oxygen atoms in total. The number of rotatable bonds is 6. The number of halogens is 1. The molecule has 0 aliphatic carbocycles. The minimum atomic E-state index is -0.214.